The summed E-state index contributed by atoms with van der Waals surface area (Å²) in [5.74, 6) is 12.8. The van der Waals surface area contributed by atoms with Gasteiger partial charge in [0.1, 0.15) is 12.4 Å². The van der Waals surface area contributed by atoms with Crippen molar-refractivity contribution in [1.29, 1.82) is 0 Å². The highest BCUT2D eigenvalue weighted by Crippen LogP contribution is 2.19. The Morgan fingerprint density at radius 3 is 2.71 bits per heavy atom. The van der Waals surface area contributed by atoms with Crippen molar-refractivity contribution < 1.29 is 9.13 Å². The van der Waals surface area contributed by atoms with Crippen LogP contribution in [0.25, 0.3) is 0 Å². The molecule has 0 amide bonds. The molecule has 2 rings (SSSR count). The largest absolute Gasteiger partial charge is 0.491 e. The third-order valence-electron chi connectivity index (χ3n) is 3.94. The van der Waals surface area contributed by atoms with Crippen molar-refractivity contribution in [3.8, 4) is 5.75 Å². The zero-order valence-electron chi connectivity index (χ0n) is 16.8. The second-order valence-electron chi connectivity index (χ2n) is 7.25. The molecule has 8 heteroatoms. The lowest BCUT2D eigenvalue weighted by Crippen LogP contribution is -2.41. The van der Waals surface area contributed by atoms with E-state index in [4.69, 9.17) is 16.4 Å². The molecule has 1 atom stereocenters. The van der Waals surface area contributed by atoms with Crippen LogP contribution >= 0.6 is 0 Å². The van der Waals surface area contributed by atoms with Gasteiger partial charge in [0.25, 0.3) is 0 Å². The summed E-state index contributed by atoms with van der Waals surface area (Å²) in [6.45, 7) is 8.98. The van der Waals surface area contributed by atoms with Gasteiger partial charge in [0, 0.05) is 18.3 Å². The van der Waals surface area contributed by atoms with Gasteiger partial charge in [-0.3, -0.25) is 9.99 Å². The Bertz CT molecular complexity index is 811. The number of nitrogens with one attached hydrogen (secondary N) is 1. The van der Waals surface area contributed by atoms with Gasteiger partial charge in [-0.2, -0.15) is 5.10 Å². The fourth-order valence-corrected chi connectivity index (χ4v) is 2.78. The molecule has 0 fully saturated rings. The van der Waals surface area contributed by atoms with Crippen LogP contribution in [0.3, 0.4) is 0 Å². The van der Waals surface area contributed by atoms with Crippen molar-refractivity contribution in [1.82, 2.24) is 9.99 Å². The number of amidine groups is 1. The standard InChI is InChI=1S/C20H29FN6O/c1-13(2)11-27(23)20(26-22)16-7-14(3)8-17(9-16)28-12-15(4)25-19-5-6-24-10-18(19)21/h5-10,13,15H,11-12,22-23H2,1-4H3,(H,24,25)/b26-20-/t15-/m0/s1. The summed E-state index contributed by atoms with van der Waals surface area (Å²) < 4.78 is 19.6. The number of nitrogens with zero attached hydrogens (tertiary/aromatic N) is 3. The van der Waals surface area contributed by atoms with Gasteiger partial charge >= 0.3 is 0 Å². The molecule has 0 aliphatic heterocycles. The van der Waals surface area contributed by atoms with Gasteiger partial charge in [-0.25, -0.2) is 10.2 Å². The molecule has 1 aromatic carbocycles. The van der Waals surface area contributed by atoms with Crippen LogP contribution in [0.2, 0.25) is 0 Å². The van der Waals surface area contributed by atoms with Crippen LogP contribution in [0.5, 0.6) is 5.75 Å². The smallest absolute Gasteiger partial charge is 0.169 e. The van der Waals surface area contributed by atoms with E-state index in [0.29, 0.717) is 36.3 Å². The van der Waals surface area contributed by atoms with Crippen molar-refractivity contribution in [3.63, 3.8) is 0 Å². The summed E-state index contributed by atoms with van der Waals surface area (Å²) in [6.07, 6.45) is 2.71. The lowest BCUT2D eigenvalue weighted by atomic mass is 10.1. The molecule has 28 heavy (non-hydrogen) atoms. The Morgan fingerprint density at radius 2 is 2.07 bits per heavy atom. The van der Waals surface area contributed by atoms with Crippen LogP contribution in [-0.4, -0.2) is 35.0 Å². The fraction of sp³-hybridized carbons (Fsp3) is 0.400. The van der Waals surface area contributed by atoms with Gasteiger partial charge in [0.05, 0.1) is 17.9 Å². The highest BCUT2D eigenvalue weighted by molar-refractivity contribution is 5.98. The molecule has 5 N–H and O–H groups in total. The summed E-state index contributed by atoms with van der Waals surface area (Å²) in [5, 5.41) is 8.47. The lowest BCUT2D eigenvalue weighted by molar-refractivity contribution is 0.303. The van der Waals surface area contributed by atoms with E-state index < -0.39 is 5.82 Å². The summed E-state index contributed by atoms with van der Waals surface area (Å²) >= 11 is 0. The number of rotatable bonds is 8. The molecule has 0 radical (unpaired) electrons. The molecule has 0 spiro atoms. The van der Waals surface area contributed by atoms with E-state index >= 15 is 0 Å². The van der Waals surface area contributed by atoms with Crippen LogP contribution in [0.4, 0.5) is 10.1 Å². The SMILES string of the molecule is Cc1cc(OC[C@H](C)Nc2ccncc2F)cc(/C(=N/N)N(N)CC(C)C)c1. The fourth-order valence-electron chi connectivity index (χ4n) is 2.78. The summed E-state index contributed by atoms with van der Waals surface area (Å²) in [6, 6.07) is 7.19. The van der Waals surface area contributed by atoms with Gasteiger partial charge < -0.3 is 15.9 Å². The number of aryl methyl sites for hydroxylation is 1. The number of anilines is 1. The lowest BCUT2D eigenvalue weighted by Gasteiger charge is -2.23. The Hall–Kier alpha value is -2.87. The summed E-state index contributed by atoms with van der Waals surface area (Å²) in [7, 11) is 0. The molecule has 1 heterocycles. The first-order chi connectivity index (χ1) is 13.3. The van der Waals surface area contributed by atoms with Crippen LogP contribution in [0.15, 0.2) is 41.8 Å². The summed E-state index contributed by atoms with van der Waals surface area (Å²) in [5.41, 5.74) is 2.16. The number of aromatic nitrogens is 1. The molecule has 0 aliphatic rings. The molecule has 1 aromatic heterocycles. The average Bonchev–Trinajstić information content (AvgIpc) is 2.61. The van der Waals surface area contributed by atoms with Crippen molar-refractivity contribution >= 4 is 11.5 Å². The van der Waals surface area contributed by atoms with Gasteiger partial charge in [0.2, 0.25) is 0 Å². The van der Waals surface area contributed by atoms with Crippen LogP contribution in [0.1, 0.15) is 31.9 Å². The number of nitrogens with two attached hydrogens (primary N) is 2. The Kier molecular flexibility index (Phi) is 7.57. The molecule has 152 valence electrons. The number of halogens is 1. The molecule has 0 unspecified atom stereocenters. The number of hydrogen-bond donors (Lipinski definition) is 3. The van der Waals surface area contributed by atoms with Crippen molar-refractivity contribution in [3.05, 3.63) is 53.6 Å². The number of pyridine rings is 1. The predicted octanol–water partition coefficient (Wildman–Crippen LogP) is 2.86. The maximum atomic E-state index is 13.7. The van der Waals surface area contributed by atoms with Crippen molar-refractivity contribution in [2.24, 2.45) is 22.7 Å². The molecule has 0 bridgehead atoms. The van der Waals surface area contributed by atoms with E-state index in [1.807, 2.05) is 32.0 Å². The van der Waals surface area contributed by atoms with Gasteiger partial charge in [-0.1, -0.05) is 13.8 Å². The molecular weight excluding hydrogens is 359 g/mol. The van der Waals surface area contributed by atoms with Gasteiger partial charge in [-0.05, 0) is 49.6 Å². The number of hydrazone groups is 1. The molecule has 0 saturated heterocycles. The third-order valence-corrected chi connectivity index (χ3v) is 3.94. The number of hydrazine groups is 1. The van der Waals surface area contributed by atoms with Crippen LogP contribution in [0, 0.1) is 18.7 Å². The van der Waals surface area contributed by atoms with E-state index in [1.165, 1.54) is 12.4 Å². The van der Waals surface area contributed by atoms with Crippen molar-refractivity contribution in [2.45, 2.75) is 33.7 Å². The van der Waals surface area contributed by atoms with Crippen LogP contribution in [-0.2, 0) is 0 Å². The third kappa shape index (κ3) is 6.09. The minimum Gasteiger partial charge on any atom is -0.491 e. The highest BCUT2D eigenvalue weighted by atomic mass is 19.1. The first kappa shape index (κ1) is 21.4. The second kappa shape index (κ2) is 9.89. The number of hydrogen-bond acceptors (Lipinski definition) is 6. The Balaban J connectivity index is 2.07. The maximum absolute atomic E-state index is 13.7. The minimum atomic E-state index is -0.399. The van der Waals surface area contributed by atoms with E-state index in [0.717, 1.165) is 11.1 Å². The maximum Gasteiger partial charge on any atom is 0.169 e. The quantitative estimate of drug-likeness (QED) is 0.278. The minimum absolute atomic E-state index is 0.115. The molecule has 7 nitrogen and oxygen atoms in total. The number of benzene rings is 1. The van der Waals surface area contributed by atoms with E-state index in [9.17, 15) is 4.39 Å². The molecule has 0 saturated carbocycles. The van der Waals surface area contributed by atoms with Gasteiger partial charge in [0.15, 0.2) is 11.7 Å². The number of ether oxygens (including phenoxy) is 1. The molecular formula is C20H29FN6O. The van der Waals surface area contributed by atoms with Gasteiger partial charge in [-0.15, -0.1) is 0 Å². The molecule has 2 aromatic rings. The van der Waals surface area contributed by atoms with E-state index in [2.05, 4.69) is 29.2 Å². The van der Waals surface area contributed by atoms with Crippen molar-refractivity contribution in [2.75, 3.05) is 18.5 Å². The van der Waals surface area contributed by atoms with E-state index in [1.54, 1.807) is 11.1 Å². The highest BCUT2D eigenvalue weighted by Gasteiger charge is 2.14. The topological polar surface area (TPSA) is 102 Å². The first-order valence-electron chi connectivity index (χ1n) is 9.21. The summed E-state index contributed by atoms with van der Waals surface area (Å²) in [4.78, 5) is 3.74. The van der Waals surface area contributed by atoms with Crippen LogP contribution < -0.4 is 21.7 Å². The monoisotopic (exact) mass is 388 g/mol. The second-order valence-corrected chi connectivity index (χ2v) is 7.25. The predicted molar refractivity (Wildman–Crippen MR) is 110 cm³/mol. The average molecular weight is 388 g/mol. The van der Waals surface area contributed by atoms with E-state index in [-0.39, 0.29) is 6.04 Å². The Morgan fingerprint density at radius 1 is 1.32 bits per heavy atom. The zero-order valence-corrected chi connectivity index (χ0v) is 16.8. The Labute approximate surface area is 165 Å². The zero-order chi connectivity index (χ0) is 20.7. The molecule has 0 aliphatic carbocycles. The first-order valence-corrected chi connectivity index (χ1v) is 9.21. The normalized spacial score (nSPS) is 12.8.